The highest BCUT2D eigenvalue weighted by molar-refractivity contribution is 9.10. The molecule has 2 heterocycles. The molecule has 1 aliphatic rings. The van der Waals surface area contributed by atoms with Crippen LogP contribution in [-0.2, 0) is 5.75 Å². The smallest absolute Gasteiger partial charge is 0.0680 e. The van der Waals surface area contributed by atoms with Crippen molar-refractivity contribution in [3.05, 3.63) is 56.9 Å². The molecule has 0 aliphatic carbocycles. The van der Waals surface area contributed by atoms with Gasteiger partial charge in [-0.25, -0.2) is 0 Å². The first-order chi connectivity index (χ1) is 10.1. The summed E-state index contributed by atoms with van der Waals surface area (Å²) in [4.78, 5) is 2.23. The molecule has 0 amide bonds. The predicted molar refractivity (Wildman–Crippen MR) is 98.3 cm³/mol. The van der Waals surface area contributed by atoms with Gasteiger partial charge in [-0.3, -0.25) is 0 Å². The molecule has 0 saturated carbocycles. The van der Waals surface area contributed by atoms with Crippen LogP contribution in [-0.4, -0.2) is 25.5 Å². The number of benzene rings is 1. The van der Waals surface area contributed by atoms with Gasteiger partial charge in [-0.15, -0.1) is 23.1 Å². The van der Waals surface area contributed by atoms with Gasteiger partial charge in [0.05, 0.1) is 4.21 Å². The highest BCUT2D eigenvalue weighted by Gasteiger charge is 2.19. The highest BCUT2D eigenvalue weighted by atomic mass is 79.9. The summed E-state index contributed by atoms with van der Waals surface area (Å²) >= 11 is 7.44. The lowest BCUT2D eigenvalue weighted by atomic mass is 9.95. The third-order valence-electron chi connectivity index (χ3n) is 3.57. The molecule has 0 unspecified atom stereocenters. The van der Waals surface area contributed by atoms with Crippen molar-refractivity contribution in [3.8, 4) is 0 Å². The molecule has 0 atom stereocenters. The zero-order chi connectivity index (χ0) is 14.8. The molecule has 1 aliphatic heterocycles. The van der Waals surface area contributed by atoms with Crippen molar-refractivity contribution in [1.29, 1.82) is 0 Å². The number of halogens is 1. The molecule has 1 aromatic heterocycles. The van der Waals surface area contributed by atoms with Crippen LogP contribution in [0, 0.1) is 0 Å². The number of hydrogen-bond acceptors (Lipinski definition) is 3. The van der Waals surface area contributed by atoms with Gasteiger partial charge < -0.3 is 4.90 Å². The Morgan fingerprint density at radius 1 is 1.24 bits per heavy atom. The Kier molecular flexibility index (Phi) is 4.89. The number of hydrogen-bond donors (Lipinski definition) is 0. The van der Waals surface area contributed by atoms with E-state index in [1.165, 1.54) is 26.5 Å². The number of nitrogens with zero attached hydrogens (tertiary/aromatic N) is 1. The molecule has 0 radical (unpaired) electrons. The summed E-state index contributed by atoms with van der Waals surface area (Å²) in [7, 11) is 4.25. The fourth-order valence-electron chi connectivity index (χ4n) is 2.51. The number of thiophene rings is 1. The molecule has 0 spiro atoms. The maximum atomic E-state index is 3.63. The molecule has 1 aromatic carbocycles. The van der Waals surface area contributed by atoms with Crippen LogP contribution < -0.4 is 0 Å². The topological polar surface area (TPSA) is 3.24 Å². The van der Waals surface area contributed by atoms with E-state index in [1.54, 1.807) is 0 Å². The molecule has 110 valence electrons. The van der Waals surface area contributed by atoms with Crippen LogP contribution in [0.2, 0.25) is 0 Å². The minimum absolute atomic E-state index is 1.06. The second-order valence-electron chi connectivity index (χ2n) is 5.42. The van der Waals surface area contributed by atoms with E-state index in [0.29, 0.717) is 0 Å². The number of thioether (sulfide) groups is 1. The molecule has 1 nitrogen and oxygen atoms in total. The van der Waals surface area contributed by atoms with Crippen molar-refractivity contribution in [2.75, 3.05) is 20.6 Å². The van der Waals surface area contributed by atoms with E-state index in [2.05, 4.69) is 70.6 Å². The first-order valence-corrected chi connectivity index (χ1v) is 9.65. The lowest BCUT2D eigenvalue weighted by molar-refractivity contribution is 0.417. The zero-order valence-electron chi connectivity index (χ0n) is 12.2. The van der Waals surface area contributed by atoms with Crippen molar-refractivity contribution in [2.24, 2.45) is 0 Å². The first kappa shape index (κ1) is 15.3. The van der Waals surface area contributed by atoms with Crippen molar-refractivity contribution in [3.63, 3.8) is 0 Å². The number of rotatable bonds is 3. The summed E-state index contributed by atoms with van der Waals surface area (Å²) in [5.41, 5.74) is 5.62. The van der Waals surface area contributed by atoms with Crippen LogP contribution in [0.5, 0.6) is 0 Å². The zero-order valence-corrected chi connectivity index (χ0v) is 15.4. The Morgan fingerprint density at radius 2 is 2.10 bits per heavy atom. The van der Waals surface area contributed by atoms with E-state index in [0.717, 1.165) is 23.2 Å². The summed E-state index contributed by atoms with van der Waals surface area (Å²) in [5.74, 6) is 1.06. The molecule has 4 heteroatoms. The molecule has 0 saturated heterocycles. The van der Waals surface area contributed by atoms with Crippen LogP contribution >= 0.6 is 39.0 Å². The second-order valence-corrected chi connectivity index (χ2v) is 8.50. The average molecular weight is 380 g/mol. The van der Waals surface area contributed by atoms with E-state index in [-0.39, 0.29) is 0 Å². The van der Waals surface area contributed by atoms with Crippen molar-refractivity contribution in [1.82, 2.24) is 4.90 Å². The van der Waals surface area contributed by atoms with Gasteiger partial charge in [-0.1, -0.05) is 28.1 Å². The van der Waals surface area contributed by atoms with Gasteiger partial charge in [0.1, 0.15) is 0 Å². The lowest BCUT2D eigenvalue weighted by Crippen LogP contribution is -2.12. The summed E-state index contributed by atoms with van der Waals surface area (Å²) in [6.45, 7) is 1.08. The third-order valence-corrected chi connectivity index (χ3v) is 6.34. The van der Waals surface area contributed by atoms with Gasteiger partial charge in [0.15, 0.2) is 0 Å². The maximum Gasteiger partial charge on any atom is 0.0680 e. The van der Waals surface area contributed by atoms with Crippen LogP contribution in [0.4, 0.5) is 0 Å². The third kappa shape index (κ3) is 3.45. The fraction of sp³-hybridized carbons (Fsp3) is 0.294. The molecule has 21 heavy (non-hydrogen) atoms. The molecular weight excluding hydrogens is 362 g/mol. The minimum Gasteiger partial charge on any atom is -0.309 e. The van der Waals surface area contributed by atoms with Gasteiger partial charge in [0, 0.05) is 22.3 Å². The SMILES string of the molecule is CN(C)CC/C=C1/c2cc(Br)ccc2CSc2sccc21. The molecular formula is C17H18BrNS2. The van der Waals surface area contributed by atoms with Crippen molar-refractivity contribution >= 4 is 44.6 Å². The normalized spacial score (nSPS) is 15.9. The fourth-order valence-corrected chi connectivity index (χ4v) is 4.99. The van der Waals surface area contributed by atoms with Crippen LogP contribution in [0.3, 0.4) is 0 Å². The summed E-state index contributed by atoms with van der Waals surface area (Å²) in [6.07, 6.45) is 3.48. The molecule has 3 rings (SSSR count). The van der Waals surface area contributed by atoms with E-state index in [9.17, 15) is 0 Å². The van der Waals surface area contributed by atoms with Gasteiger partial charge in [-0.2, -0.15) is 0 Å². The Bertz CT molecular complexity index is 673. The quantitative estimate of drug-likeness (QED) is 0.692. The van der Waals surface area contributed by atoms with Crippen LogP contribution in [0.25, 0.3) is 5.57 Å². The van der Waals surface area contributed by atoms with E-state index >= 15 is 0 Å². The molecule has 2 aromatic rings. The standard InChI is InChI=1S/C17H18BrNS2/c1-19(2)8-3-4-14-15-7-9-20-17(15)21-11-12-5-6-13(18)10-16(12)14/h4-7,9-10H,3,8,11H2,1-2H3/b14-4+. The van der Waals surface area contributed by atoms with Crippen LogP contribution in [0.1, 0.15) is 23.1 Å². The Morgan fingerprint density at radius 3 is 2.90 bits per heavy atom. The first-order valence-electron chi connectivity index (χ1n) is 6.99. The monoisotopic (exact) mass is 379 g/mol. The van der Waals surface area contributed by atoms with Crippen molar-refractivity contribution < 1.29 is 0 Å². The van der Waals surface area contributed by atoms with Gasteiger partial charge in [0.25, 0.3) is 0 Å². The molecule has 0 N–H and O–H groups in total. The van der Waals surface area contributed by atoms with E-state index < -0.39 is 0 Å². The molecule has 0 bridgehead atoms. The maximum absolute atomic E-state index is 3.63. The summed E-state index contributed by atoms with van der Waals surface area (Å²) in [5, 5.41) is 2.21. The van der Waals surface area contributed by atoms with Gasteiger partial charge >= 0.3 is 0 Å². The van der Waals surface area contributed by atoms with Crippen LogP contribution in [0.15, 0.2) is 44.4 Å². The van der Waals surface area contributed by atoms with Gasteiger partial charge in [-0.05, 0) is 60.8 Å². The number of fused-ring (bicyclic) bond motifs is 2. The van der Waals surface area contributed by atoms with Crippen molar-refractivity contribution in [2.45, 2.75) is 16.4 Å². The Hall–Kier alpha value is -0.550. The average Bonchev–Trinajstić information content (AvgIpc) is 2.85. The van der Waals surface area contributed by atoms with E-state index in [1.807, 2.05) is 23.1 Å². The van der Waals surface area contributed by atoms with E-state index in [4.69, 9.17) is 0 Å². The Labute approximate surface area is 143 Å². The Balaban J connectivity index is 2.06. The lowest BCUT2D eigenvalue weighted by Gasteiger charge is -2.12. The second kappa shape index (κ2) is 6.69. The largest absolute Gasteiger partial charge is 0.309 e. The summed E-state index contributed by atoms with van der Waals surface area (Å²) < 4.78 is 2.60. The predicted octanol–water partition coefficient (Wildman–Crippen LogP) is 5.50. The minimum atomic E-state index is 1.06. The summed E-state index contributed by atoms with van der Waals surface area (Å²) in [6, 6.07) is 8.94. The highest BCUT2D eigenvalue weighted by Crippen LogP contribution is 2.43. The molecule has 0 fully saturated rings. The van der Waals surface area contributed by atoms with Gasteiger partial charge in [0.2, 0.25) is 0 Å².